The molecule has 0 fully saturated rings. The molecule has 106 valence electrons. The van der Waals surface area contributed by atoms with Crippen LogP contribution < -0.4 is 5.32 Å². The summed E-state index contributed by atoms with van der Waals surface area (Å²) in [6.45, 7) is 13.0. The lowest BCUT2D eigenvalue weighted by Gasteiger charge is -2.31. The van der Waals surface area contributed by atoms with Crippen molar-refractivity contribution in [2.45, 2.75) is 39.7 Å². The molecule has 1 aromatic rings. The number of rotatable bonds is 5. The Labute approximate surface area is 120 Å². The normalized spacial score (nSPS) is 15.1. The zero-order valence-corrected chi connectivity index (χ0v) is 12.9. The molecule has 0 amide bonds. The van der Waals surface area contributed by atoms with Crippen molar-refractivity contribution in [3.05, 3.63) is 47.3 Å². The molecule has 1 nitrogen and oxygen atoms in total. The maximum Gasteiger partial charge on any atom is 0.144 e. The smallest absolute Gasteiger partial charge is 0.144 e. The number of halogens is 2. The second-order valence-corrected chi connectivity index (χ2v) is 6.76. The second-order valence-electron chi connectivity index (χ2n) is 6.35. The van der Waals surface area contributed by atoms with Gasteiger partial charge in [0.05, 0.1) is 5.02 Å². The van der Waals surface area contributed by atoms with Crippen molar-refractivity contribution in [1.29, 1.82) is 0 Å². The van der Waals surface area contributed by atoms with Crippen LogP contribution in [0.3, 0.4) is 0 Å². The highest BCUT2D eigenvalue weighted by Gasteiger charge is 2.25. The molecular weight excluding hydrogens is 261 g/mol. The van der Waals surface area contributed by atoms with Crippen molar-refractivity contribution >= 4 is 11.6 Å². The Hall–Kier alpha value is -0.860. The predicted octanol–water partition coefficient (Wildman–Crippen LogP) is 4.60. The van der Waals surface area contributed by atoms with Gasteiger partial charge in [0.15, 0.2) is 0 Å². The molecule has 0 aromatic heterocycles. The molecule has 1 N–H and O–H groups in total. The quantitative estimate of drug-likeness (QED) is 0.779. The SMILES string of the molecule is C=CC(C)(CNC(C)(C)C)Cc1cccc(Cl)c1F. The van der Waals surface area contributed by atoms with Gasteiger partial charge in [0.2, 0.25) is 0 Å². The molecular formula is C16H23ClFN. The second kappa shape index (κ2) is 6.06. The summed E-state index contributed by atoms with van der Waals surface area (Å²) in [5, 5.41) is 3.61. The standard InChI is InChI=1S/C16H23ClFN/c1-6-16(5,11-19-15(2,3)4)10-12-8-7-9-13(17)14(12)18/h6-9,19H,1,10-11H2,2-5H3. The van der Waals surface area contributed by atoms with Crippen molar-refractivity contribution in [1.82, 2.24) is 5.32 Å². The number of hydrogen-bond acceptors (Lipinski definition) is 1. The van der Waals surface area contributed by atoms with Crippen molar-refractivity contribution in [3.63, 3.8) is 0 Å². The van der Waals surface area contributed by atoms with E-state index in [-0.39, 0.29) is 21.8 Å². The molecule has 1 aromatic carbocycles. The van der Waals surface area contributed by atoms with Crippen molar-refractivity contribution in [3.8, 4) is 0 Å². The van der Waals surface area contributed by atoms with Crippen LogP contribution in [0.4, 0.5) is 4.39 Å². The first kappa shape index (κ1) is 16.2. The van der Waals surface area contributed by atoms with Crippen LogP contribution in [-0.4, -0.2) is 12.1 Å². The molecule has 1 atom stereocenters. The van der Waals surface area contributed by atoms with Gasteiger partial charge in [0.25, 0.3) is 0 Å². The van der Waals surface area contributed by atoms with Crippen LogP contribution in [0.15, 0.2) is 30.9 Å². The molecule has 1 unspecified atom stereocenters. The lowest BCUT2D eigenvalue weighted by molar-refractivity contribution is 0.320. The van der Waals surface area contributed by atoms with Crippen LogP contribution in [-0.2, 0) is 6.42 Å². The maximum absolute atomic E-state index is 14.0. The molecule has 0 aliphatic rings. The highest BCUT2D eigenvalue weighted by atomic mass is 35.5. The lowest BCUT2D eigenvalue weighted by atomic mass is 9.83. The van der Waals surface area contributed by atoms with Crippen LogP contribution in [0, 0.1) is 11.2 Å². The Morgan fingerprint density at radius 2 is 1.95 bits per heavy atom. The molecule has 0 aliphatic heterocycles. The summed E-state index contributed by atoms with van der Waals surface area (Å²) in [5.74, 6) is -0.326. The largest absolute Gasteiger partial charge is 0.311 e. The number of nitrogens with one attached hydrogen (secondary N) is 1. The third-order valence-electron chi connectivity index (χ3n) is 3.14. The minimum absolute atomic E-state index is 0.0249. The Bertz CT molecular complexity index is 451. The first-order chi connectivity index (χ1) is 8.67. The summed E-state index contributed by atoms with van der Waals surface area (Å²) < 4.78 is 14.0. The molecule has 0 radical (unpaired) electrons. The van der Waals surface area contributed by atoms with E-state index in [1.165, 1.54) is 0 Å². The van der Waals surface area contributed by atoms with Gasteiger partial charge in [-0.25, -0.2) is 4.39 Å². The minimum Gasteiger partial charge on any atom is -0.311 e. The molecule has 0 bridgehead atoms. The fourth-order valence-corrected chi connectivity index (χ4v) is 1.99. The van der Waals surface area contributed by atoms with Gasteiger partial charge in [0.1, 0.15) is 5.82 Å². The van der Waals surface area contributed by atoms with Gasteiger partial charge in [-0.1, -0.05) is 36.7 Å². The average molecular weight is 284 g/mol. The molecule has 1 rings (SSSR count). The van der Waals surface area contributed by atoms with E-state index in [9.17, 15) is 4.39 Å². The van der Waals surface area contributed by atoms with E-state index in [4.69, 9.17) is 11.6 Å². The van der Waals surface area contributed by atoms with Gasteiger partial charge in [-0.3, -0.25) is 0 Å². The Kier molecular flexibility index (Phi) is 5.17. The summed E-state index contributed by atoms with van der Waals surface area (Å²) in [5.41, 5.74) is 0.446. The zero-order valence-electron chi connectivity index (χ0n) is 12.2. The summed E-state index contributed by atoms with van der Waals surface area (Å²) >= 11 is 5.82. The zero-order chi connectivity index (χ0) is 14.7. The van der Waals surface area contributed by atoms with Gasteiger partial charge in [-0.15, -0.1) is 6.58 Å². The summed E-state index contributed by atoms with van der Waals surface area (Å²) in [6, 6.07) is 5.13. The summed E-state index contributed by atoms with van der Waals surface area (Å²) in [6.07, 6.45) is 2.46. The molecule has 0 aliphatic carbocycles. The number of hydrogen-bond donors (Lipinski definition) is 1. The fourth-order valence-electron chi connectivity index (χ4n) is 1.79. The van der Waals surface area contributed by atoms with Crippen LogP contribution in [0.1, 0.15) is 33.3 Å². The van der Waals surface area contributed by atoms with Gasteiger partial charge >= 0.3 is 0 Å². The highest BCUT2D eigenvalue weighted by Crippen LogP contribution is 2.27. The lowest BCUT2D eigenvalue weighted by Crippen LogP contribution is -2.43. The van der Waals surface area contributed by atoms with Crippen LogP contribution >= 0.6 is 11.6 Å². The van der Waals surface area contributed by atoms with E-state index in [0.717, 1.165) is 6.54 Å². The van der Waals surface area contributed by atoms with Crippen molar-refractivity contribution < 1.29 is 4.39 Å². The van der Waals surface area contributed by atoms with Crippen molar-refractivity contribution in [2.24, 2.45) is 5.41 Å². The Balaban J connectivity index is 2.86. The highest BCUT2D eigenvalue weighted by molar-refractivity contribution is 6.30. The maximum atomic E-state index is 14.0. The molecule has 19 heavy (non-hydrogen) atoms. The minimum atomic E-state index is -0.326. The van der Waals surface area contributed by atoms with E-state index < -0.39 is 0 Å². The van der Waals surface area contributed by atoms with Crippen LogP contribution in [0.25, 0.3) is 0 Å². The first-order valence-corrected chi connectivity index (χ1v) is 6.86. The Morgan fingerprint density at radius 1 is 1.32 bits per heavy atom. The average Bonchev–Trinajstić information content (AvgIpc) is 2.32. The number of benzene rings is 1. The van der Waals surface area contributed by atoms with E-state index in [0.29, 0.717) is 12.0 Å². The molecule has 0 saturated heterocycles. The third kappa shape index (κ3) is 4.96. The molecule has 0 saturated carbocycles. The van der Waals surface area contributed by atoms with Gasteiger partial charge in [0, 0.05) is 17.5 Å². The van der Waals surface area contributed by atoms with E-state index in [1.54, 1.807) is 18.2 Å². The van der Waals surface area contributed by atoms with Crippen molar-refractivity contribution in [2.75, 3.05) is 6.54 Å². The fraction of sp³-hybridized carbons (Fsp3) is 0.500. The van der Waals surface area contributed by atoms with Gasteiger partial charge in [-0.05, 0) is 38.8 Å². The van der Waals surface area contributed by atoms with Crippen LogP contribution in [0.2, 0.25) is 5.02 Å². The van der Waals surface area contributed by atoms with Gasteiger partial charge in [-0.2, -0.15) is 0 Å². The third-order valence-corrected chi connectivity index (χ3v) is 3.43. The first-order valence-electron chi connectivity index (χ1n) is 6.48. The topological polar surface area (TPSA) is 12.0 Å². The molecule has 0 heterocycles. The summed E-state index contributed by atoms with van der Waals surface area (Å²) in [7, 11) is 0. The Morgan fingerprint density at radius 3 is 2.47 bits per heavy atom. The summed E-state index contributed by atoms with van der Waals surface area (Å²) in [4.78, 5) is 0. The molecule has 0 spiro atoms. The predicted molar refractivity (Wildman–Crippen MR) is 81.2 cm³/mol. The van der Waals surface area contributed by atoms with E-state index >= 15 is 0 Å². The van der Waals surface area contributed by atoms with E-state index in [2.05, 4.69) is 39.6 Å². The monoisotopic (exact) mass is 283 g/mol. The van der Waals surface area contributed by atoms with E-state index in [1.807, 2.05) is 6.08 Å². The van der Waals surface area contributed by atoms with Crippen LogP contribution in [0.5, 0.6) is 0 Å². The van der Waals surface area contributed by atoms with Gasteiger partial charge < -0.3 is 5.32 Å². The molecule has 3 heteroatoms.